The maximum absolute atomic E-state index is 5.28. The Hall–Kier alpha value is -1.76. The molecular formula is C16H26N6S. The van der Waals surface area contributed by atoms with E-state index in [-0.39, 0.29) is 0 Å². The monoisotopic (exact) mass is 334 g/mol. The van der Waals surface area contributed by atoms with Gasteiger partial charge in [0.1, 0.15) is 0 Å². The van der Waals surface area contributed by atoms with Gasteiger partial charge < -0.3 is 10.6 Å². The summed E-state index contributed by atoms with van der Waals surface area (Å²) in [7, 11) is 0. The Morgan fingerprint density at radius 1 is 1.22 bits per heavy atom. The van der Waals surface area contributed by atoms with Crippen LogP contribution in [-0.2, 0) is 0 Å². The molecule has 23 heavy (non-hydrogen) atoms. The van der Waals surface area contributed by atoms with E-state index in [1.807, 2.05) is 26.8 Å². The number of guanidine groups is 1. The lowest BCUT2D eigenvalue weighted by Gasteiger charge is -2.20. The van der Waals surface area contributed by atoms with E-state index in [4.69, 9.17) is 17.2 Å². The van der Waals surface area contributed by atoms with Crippen LogP contribution in [0.4, 0.5) is 5.95 Å². The van der Waals surface area contributed by atoms with E-state index >= 15 is 0 Å². The van der Waals surface area contributed by atoms with E-state index in [9.17, 15) is 0 Å². The zero-order chi connectivity index (χ0) is 16.7. The van der Waals surface area contributed by atoms with Gasteiger partial charge in [-0.1, -0.05) is 19.3 Å². The van der Waals surface area contributed by atoms with Crippen LogP contribution in [0.3, 0.4) is 0 Å². The highest BCUT2D eigenvalue weighted by Crippen LogP contribution is 2.20. The average Bonchev–Trinajstić information content (AvgIpc) is 2.47. The Balaban J connectivity index is 2.14. The zero-order valence-electron chi connectivity index (χ0n) is 14.1. The molecule has 0 bridgehead atoms. The van der Waals surface area contributed by atoms with E-state index in [1.165, 1.54) is 19.3 Å². The lowest BCUT2D eigenvalue weighted by Crippen LogP contribution is -2.43. The van der Waals surface area contributed by atoms with Crippen molar-refractivity contribution in [1.29, 1.82) is 0 Å². The Morgan fingerprint density at radius 2 is 1.87 bits per heavy atom. The molecule has 0 atom stereocenters. The van der Waals surface area contributed by atoms with Gasteiger partial charge in [0.05, 0.1) is 6.04 Å². The number of aliphatic imine (C=N–C) groups is 1. The quantitative estimate of drug-likeness (QED) is 0.448. The van der Waals surface area contributed by atoms with E-state index in [0.717, 1.165) is 30.8 Å². The van der Waals surface area contributed by atoms with Crippen LogP contribution < -0.4 is 16.0 Å². The van der Waals surface area contributed by atoms with Crippen molar-refractivity contribution in [2.45, 2.75) is 58.9 Å². The minimum atomic E-state index is 0.328. The maximum Gasteiger partial charge on any atom is 0.229 e. The Bertz CT molecular complexity index is 545. The van der Waals surface area contributed by atoms with Crippen molar-refractivity contribution in [3.8, 4) is 0 Å². The maximum atomic E-state index is 5.28. The highest BCUT2D eigenvalue weighted by atomic mass is 32.1. The third-order valence-corrected chi connectivity index (χ3v) is 3.91. The summed E-state index contributed by atoms with van der Waals surface area (Å²) in [6.07, 6.45) is 6.01. The summed E-state index contributed by atoms with van der Waals surface area (Å²) in [5.41, 5.74) is 1.84. The predicted molar refractivity (Wildman–Crippen MR) is 98.8 cm³/mol. The van der Waals surface area contributed by atoms with Gasteiger partial charge in [0.15, 0.2) is 5.11 Å². The van der Waals surface area contributed by atoms with Gasteiger partial charge in [0.25, 0.3) is 0 Å². The van der Waals surface area contributed by atoms with Crippen LogP contribution in [0, 0.1) is 13.8 Å². The topological polar surface area (TPSA) is 74.2 Å². The van der Waals surface area contributed by atoms with Crippen molar-refractivity contribution in [2.75, 3.05) is 11.9 Å². The van der Waals surface area contributed by atoms with Crippen LogP contribution in [0.15, 0.2) is 11.1 Å². The molecule has 1 aromatic rings. The summed E-state index contributed by atoms with van der Waals surface area (Å²) in [5.74, 6) is 1.16. The molecule has 0 radical (unpaired) electrons. The SMILES string of the molecule is CCNC(=S)NC(=NC1CCCCC1)Nc1nc(C)cc(C)n1. The van der Waals surface area contributed by atoms with Crippen LogP contribution in [0.2, 0.25) is 0 Å². The molecule has 1 heterocycles. The smallest absolute Gasteiger partial charge is 0.229 e. The van der Waals surface area contributed by atoms with Crippen molar-refractivity contribution in [2.24, 2.45) is 4.99 Å². The van der Waals surface area contributed by atoms with Crippen molar-refractivity contribution < 1.29 is 0 Å². The van der Waals surface area contributed by atoms with Gasteiger partial charge in [-0.05, 0) is 51.9 Å². The second-order valence-corrected chi connectivity index (χ2v) is 6.26. The average molecular weight is 334 g/mol. The van der Waals surface area contributed by atoms with Gasteiger partial charge in [-0.2, -0.15) is 0 Å². The normalized spacial score (nSPS) is 16.0. The van der Waals surface area contributed by atoms with Crippen molar-refractivity contribution in [1.82, 2.24) is 20.6 Å². The van der Waals surface area contributed by atoms with Crippen molar-refractivity contribution in [3.05, 3.63) is 17.5 Å². The van der Waals surface area contributed by atoms with Gasteiger partial charge in [0, 0.05) is 17.9 Å². The summed E-state index contributed by atoms with van der Waals surface area (Å²) in [6.45, 7) is 6.68. The number of nitrogens with one attached hydrogen (secondary N) is 3. The number of aryl methyl sites for hydroxylation is 2. The lowest BCUT2D eigenvalue weighted by molar-refractivity contribution is 0.443. The van der Waals surface area contributed by atoms with Gasteiger partial charge in [-0.15, -0.1) is 0 Å². The molecular weight excluding hydrogens is 308 g/mol. The Kier molecular flexibility index (Phi) is 6.70. The number of aromatic nitrogens is 2. The van der Waals surface area contributed by atoms with Gasteiger partial charge in [-0.3, -0.25) is 5.32 Å². The van der Waals surface area contributed by atoms with Crippen molar-refractivity contribution >= 4 is 29.2 Å². The minimum absolute atomic E-state index is 0.328. The first-order valence-electron chi connectivity index (χ1n) is 8.28. The van der Waals surface area contributed by atoms with Crippen LogP contribution in [0.25, 0.3) is 0 Å². The molecule has 0 unspecified atom stereocenters. The lowest BCUT2D eigenvalue weighted by atomic mass is 9.96. The molecule has 3 N–H and O–H groups in total. The molecule has 1 aliphatic carbocycles. The first kappa shape index (κ1) is 17.6. The molecule has 1 aromatic heterocycles. The Morgan fingerprint density at radius 3 is 2.48 bits per heavy atom. The molecule has 1 fully saturated rings. The minimum Gasteiger partial charge on any atom is -0.363 e. The summed E-state index contributed by atoms with van der Waals surface area (Å²) in [4.78, 5) is 13.6. The highest BCUT2D eigenvalue weighted by molar-refractivity contribution is 7.80. The van der Waals surface area contributed by atoms with Crippen LogP contribution >= 0.6 is 12.2 Å². The largest absolute Gasteiger partial charge is 0.363 e. The second-order valence-electron chi connectivity index (χ2n) is 5.85. The standard InChI is InChI=1S/C16H26N6S/c1-4-17-16(23)22-15(20-13-8-6-5-7-9-13)21-14-18-11(2)10-12(3)19-14/h10,13H,4-9H2,1-3H3,(H3,17,18,19,20,21,22,23). The molecule has 0 spiro atoms. The molecule has 0 amide bonds. The molecule has 1 saturated carbocycles. The molecule has 0 aromatic carbocycles. The first-order chi connectivity index (χ1) is 11.1. The summed E-state index contributed by atoms with van der Waals surface area (Å²) < 4.78 is 0. The number of rotatable bonds is 3. The van der Waals surface area contributed by atoms with Gasteiger partial charge in [0.2, 0.25) is 11.9 Å². The van der Waals surface area contributed by atoms with E-state index in [1.54, 1.807) is 0 Å². The molecule has 0 aliphatic heterocycles. The third-order valence-electron chi connectivity index (χ3n) is 3.67. The van der Waals surface area contributed by atoms with E-state index in [0.29, 0.717) is 23.1 Å². The van der Waals surface area contributed by atoms with Crippen LogP contribution in [0.1, 0.15) is 50.4 Å². The fourth-order valence-corrected chi connectivity index (χ4v) is 2.93. The number of thiocarbonyl (C=S) groups is 1. The van der Waals surface area contributed by atoms with E-state index in [2.05, 4.69) is 25.9 Å². The highest BCUT2D eigenvalue weighted by Gasteiger charge is 2.14. The summed E-state index contributed by atoms with van der Waals surface area (Å²) in [5, 5.41) is 9.95. The molecule has 2 rings (SSSR count). The fraction of sp³-hybridized carbons (Fsp3) is 0.625. The molecule has 7 heteroatoms. The van der Waals surface area contributed by atoms with Gasteiger partial charge >= 0.3 is 0 Å². The first-order valence-corrected chi connectivity index (χ1v) is 8.69. The van der Waals surface area contributed by atoms with Crippen LogP contribution in [0.5, 0.6) is 0 Å². The van der Waals surface area contributed by atoms with E-state index < -0.39 is 0 Å². The number of anilines is 1. The van der Waals surface area contributed by atoms with Crippen molar-refractivity contribution in [3.63, 3.8) is 0 Å². The number of nitrogens with zero attached hydrogens (tertiary/aromatic N) is 3. The predicted octanol–water partition coefficient (Wildman–Crippen LogP) is 2.68. The van der Waals surface area contributed by atoms with Gasteiger partial charge in [-0.25, -0.2) is 15.0 Å². The zero-order valence-corrected chi connectivity index (χ0v) is 15.0. The number of hydrogen-bond acceptors (Lipinski definition) is 4. The molecule has 6 nitrogen and oxygen atoms in total. The molecule has 0 saturated heterocycles. The summed E-state index contributed by atoms with van der Waals surface area (Å²) >= 11 is 5.28. The molecule has 1 aliphatic rings. The Labute approximate surface area is 143 Å². The van der Waals surface area contributed by atoms with Crippen LogP contribution in [-0.4, -0.2) is 33.6 Å². The molecule has 126 valence electrons. The third kappa shape index (κ3) is 6.09. The fourth-order valence-electron chi connectivity index (χ4n) is 2.69. The second kappa shape index (κ2) is 8.76. The summed E-state index contributed by atoms with van der Waals surface area (Å²) in [6, 6.07) is 2.27. The number of hydrogen-bond donors (Lipinski definition) is 3.